The first-order chi connectivity index (χ1) is 27.0. The van der Waals surface area contributed by atoms with Crippen molar-refractivity contribution < 1.29 is 30.2 Å². The Hall–Kier alpha value is -4.67. The minimum absolute atomic E-state index is 0. The second-order valence-electron chi connectivity index (χ2n) is 16.6. The van der Waals surface area contributed by atoms with Gasteiger partial charge in [0.05, 0.1) is 11.1 Å². The number of aryl methyl sites for hydroxylation is 1. The fourth-order valence-corrected chi connectivity index (χ4v) is 8.72. The number of unbranched alkanes of at least 4 members (excludes halogenated alkanes) is 2. The van der Waals surface area contributed by atoms with Crippen LogP contribution in [0.25, 0.3) is 21.8 Å². The third-order valence-electron chi connectivity index (χ3n) is 10.7. The van der Waals surface area contributed by atoms with E-state index in [1.54, 1.807) is 0 Å². The van der Waals surface area contributed by atoms with Crippen molar-refractivity contribution >= 4 is 55.3 Å². The lowest BCUT2D eigenvalue weighted by atomic mass is 9.89. The summed E-state index contributed by atoms with van der Waals surface area (Å²) in [4.78, 5) is 19.8. The Balaban J connectivity index is 0.00000744. The number of nitrogens with one attached hydrogen (secondary N) is 2. The minimum Gasteiger partial charge on any atom is -1.00 e. The fourth-order valence-electron chi connectivity index (χ4n) is 7.22. The van der Waals surface area contributed by atoms with E-state index >= 15 is 0 Å². The number of aromatic nitrogens is 1. The van der Waals surface area contributed by atoms with Gasteiger partial charge in [-0.3, -0.25) is 4.79 Å². The summed E-state index contributed by atoms with van der Waals surface area (Å²) in [5.74, 6) is 0.438. The SMILES string of the molecule is CC(C)c1cc(C(C)C)c(S(=O)(=O)N/N=C\c2ccc(CCNC(=O)CCCCC[n+]3c4cc(N(C)C)ccc4cc4ccc(N(C)C)cc43)cc2)c(C(C)C)c1.[Cl-]. The number of sulfonamides is 1. The van der Waals surface area contributed by atoms with Crippen molar-refractivity contribution in [2.24, 2.45) is 5.10 Å². The maximum Gasteiger partial charge on any atom is 0.277 e. The number of hydrogen-bond donors (Lipinski definition) is 2. The Kier molecular flexibility index (Phi) is 16.1. The molecule has 0 bridgehead atoms. The molecule has 0 unspecified atom stereocenters. The summed E-state index contributed by atoms with van der Waals surface area (Å²) in [6.07, 6.45) is 5.50. The van der Waals surface area contributed by atoms with Crippen molar-refractivity contribution in [3.05, 3.63) is 107 Å². The number of carbonyl (C=O) groups is 1. The Morgan fingerprint density at radius 2 is 1.28 bits per heavy atom. The van der Waals surface area contributed by atoms with Gasteiger partial charge in [0.25, 0.3) is 10.0 Å². The number of nitrogens with zero attached hydrogens (tertiary/aromatic N) is 4. The van der Waals surface area contributed by atoms with Crippen molar-refractivity contribution in [2.75, 3.05) is 44.5 Å². The van der Waals surface area contributed by atoms with Gasteiger partial charge in [-0.05, 0) is 95.2 Å². The van der Waals surface area contributed by atoms with Crippen LogP contribution >= 0.6 is 0 Å². The largest absolute Gasteiger partial charge is 1.00 e. The van der Waals surface area contributed by atoms with Gasteiger partial charge in [-0.1, -0.05) is 77.9 Å². The van der Waals surface area contributed by atoms with E-state index in [0.717, 1.165) is 53.6 Å². The first-order valence-corrected chi connectivity index (χ1v) is 21.9. The zero-order valence-electron chi connectivity index (χ0n) is 36.1. The fraction of sp³-hybridized carbons (Fsp3) is 0.426. The van der Waals surface area contributed by atoms with Gasteiger partial charge < -0.3 is 27.5 Å². The summed E-state index contributed by atoms with van der Waals surface area (Å²) in [5.41, 5.74) is 9.40. The van der Waals surface area contributed by atoms with Crippen LogP contribution in [0, 0.1) is 0 Å². The van der Waals surface area contributed by atoms with Crippen molar-refractivity contribution in [1.82, 2.24) is 10.1 Å². The van der Waals surface area contributed by atoms with E-state index in [2.05, 4.69) is 114 Å². The summed E-state index contributed by atoms with van der Waals surface area (Å²) in [6.45, 7) is 13.8. The van der Waals surface area contributed by atoms with Crippen molar-refractivity contribution in [3.63, 3.8) is 0 Å². The molecule has 0 aliphatic carbocycles. The number of amides is 1. The van der Waals surface area contributed by atoms with Crippen LogP contribution in [0.1, 0.15) is 113 Å². The average Bonchev–Trinajstić information content (AvgIpc) is 3.16. The van der Waals surface area contributed by atoms with Gasteiger partial charge in [0.1, 0.15) is 6.54 Å². The van der Waals surface area contributed by atoms with Gasteiger partial charge in [-0.25, -0.2) is 4.83 Å². The number of hydrazone groups is 1. The standard InChI is InChI=1S/C47H62N6O3S.ClH/c1-32(2)39-27-42(33(3)4)47(43(28-39)34(5)6)57(55,56)50-49-31-36-17-15-35(16-18-36)23-24-48-46(54)14-12-11-13-25-53-44-29-40(51(7)8)21-19-37(44)26-38-20-22-41(52(9)10)30-45(38)53;/h15-22,26-34,50H,11-14,23-25H2,1-10H3;1H/b49-31-;. The minimum atomic E-state index is -3.89. The second kappa shape index (κ2) is 20.3. The highest BCUT2D eigenvalue weighted by atomic mass is 35.5. The molecular formula is C47H63ClN6O3S. The number of anilines is 2. The van der Waals surface area contributed by atoms with Crippen LogP contribution in [-0.4, -0.2) is 55.3 Å². The molecule has 11 heteroatoms. The predicted molar refractivity (Wildman–Crippen MR) is 239 cm³/mol. The second-order valence-corrected chi connectivity index (χ2v) is 18.2. The molecule has 0 saturated carbocycles. The van der Waals surface area contributed by atoms with E-state index in [1.165, 1.54) is 39.4 Å². The topological polar surface area (TPSA) is 98.0 Å². The van der Waals surface area contributed by atoms with Crippen LogP contribution in [0.2, 0.25) is 0 Å². The number of halogens is 1. The molecule has 0 atom stereocenters. The monoisotopic (exact) mass is 826 g/mol. The summed E-state index contributed by atoms with van der Waals surface area (Å²) in [6, 6.07) is 27.4. The third kappa shape index (κ3) is 11.5. The molecule has 5 aromatic rings. The molecule has 0 radical (unpaired) electrons. The summed E-state index contributed by atoms with van der Waals surface area (Å²) >= 11 is 0. The van der Waals surface area contributed by atoms with Crippen LogP contribution < -0.4 is 36.9 Å². The summed E-state index contributed by atoms with van der Waals surface area (Å²) in [7, 11) is 4.40. The molecule has 1 heterocycles. The Labute approximate surface area is 353 Å². The van der Waals surface area contributed by atoms with Crippen molar-refractivity contribution in [1.29, 1.82) is 0 Å². The quantitative estimate of drug-likeness (QED) is 0.0371. The molecule has 1 aromatic heterocycles. The molecule has 9 nitrogen and oxygen atoms in total. The molecule has 5 rings (SSSR count). The first kappa shape index (κ1) is 46.0. The predicted octanol–water partition coefficient (Wildman–Crippen LogP) is 6.02. The molecule has 0 aliphatic heterocycles. The number of hydrogen-bond acceptors (Lipinski definition) is 6. The van der Waals surface area contributed by atoms with Gasteiger partial charge >= 0.3 is 0 Å². The van der Waals surface area contributed by atoms with Crippen molar-refractivity contribution in [3.8, 4) is 0 Å². The van der Waals surface area contributed by atoms with Crippen LogP contribution in [0.3, 0.4) is 0 Å². The smallest absolute Gasteiger partial charge is 0.277 e. The number of pyridine rings is 1. The maximum atomic E-state index is 13.6. The van der Waals surface area contributed by atoms with Crippen LogP contribution in [0.4, 0.5) is 11.4 Å². The number of fused-ring (bicyclic) bond motifs is 2. The van der Waals surface area contributed by atoms with Gasteiger partial charge in [0.2, 0.25) is 16.9 Å². The molecule has 312 valence electrons. The lowest BCUT2D eigenvalue weighted by Crippen LogP contribution is -3.00. The van der Waals surface area contributed by atoms with Crippen LogP contribution in [-0.2, 0) is 27.8 Å². The summed E-state index contributed by atoms with van der Waals surface area (Å²) in [5, 5.41) is 9.67. The molecule has 4 aromatic carbocycles. The molecule has 2 N–H and O–H groups in total. The molecule has 0 aliphatic rings. The summed E-state index contributed by atoms with van der Waals surface area (Å²) < 4.78 is 29.7. The van der Waals surface area contributed by atoms with Gasteiger partial charge in [0, 0.05) is 81.9 Å². The van der Waals surface area contributed by atoms with E-state index in [-0.39, 0.29) is 30.2 Å². The number of carbonyl (C=O) groups excluding carboxylic acids is 1. The molecular weight excluding hydrogens is 764 g/mol. The lowest BCUT2D eigenvalue weighted by molar-refractivity contribution is -0.645. The van der Waals surface area contributed by atoms with Gasteiger partial charge in [-0.2, -0.15) is 18.1 Å². The van der Waals surface area contributed by atoms with E-state index in [4.69, 9.17) is 0 Å². The molecule has 0 fully saturated rings. The van der Waals surface area contributed by atoms with E-state index in [9.17, 15) is 13.2 Å². The highest BCUT2D eigenvalue weighted by molar-refractivity contribution is 7.89. The van der Waals surface area contributed by atoms with E-state index < -0.39 is 10.0 Å². The Morgan fingerprint density at radius 1 is 0.724 bits per heavy atom. The van der Waals surface area contributed by atoms with Crippen LogP contribution in [0.5, 0.6) is 0 Å². The Morgan fingerprint density at radius 3 is 1.78 bits per heavy atom. The Bertz CT molecular complexity index is 2220. The molecule has 0 spiro atoms. The third-order valence-corrected chi connectivity index (χ3v) is 12.0. The average molecular weight is 828 g/mol. The molecule has 58 heavy (non-hydrogen) atoms. The zero-order chi connectivity index (χ0) is 41.4. The maximum absolute atomic E-state index is 13.6. The number of rotatable bonds is 18. The van der Waals surface area contributed by atoms with Gasteiger partial charge in [-0.15, -0.1) is 0 Å². The van der Waals surface area contributed by atoms with Gasteiger partial charge in [0.15, 0.2) is 0 Å². The molecule has 0 saturated heterocycles. The first-order valence-electron chi connectivity index (χ1n) is 20.4. The van der Waals surface area contributed by atoms with E-state index in [0.29, 0.717) is 30.2 Å². The van der Waals surface area contributed by atoms with Crippen molar-refractivity contribution in [2.45, 2.75) is 103 Å². The lowest BCUT2D eigenvalue weighted by Gasteiger charge is -2.22. The number of benzene rings is 4. The molecule has 1 amide bonds. The van der Waals surface area contributed by atoms with Crippen LogP contribution in [0.15, 0.2) is 88.9 Å². The highest BCUT2D eigenvalue weighted by Crippen LogP contribution is 2.35. The highest BCUT2D eigenvalue weighted by Gasteiger charge is 2.27. The normalized spacial score (nSPS) is 11.9. The zero-order valence-corrected chi connectivity index (χ0v) is 37.6. The van der Waals surface area contributed by atoms with E-state index in [1.807, 2.05) is 64.1 Å².